The van der Waals surface area contributed by atoms with E-state index in [0.717, 1.165) is 25.3 Å². The SMILES string of the molecule is CCN(CCNCCO)c1ccc(NC)cc1. The van der Waals surface area contributed by atoms with Crippen molar-refractivity contribution >= 4 is 11.4 Å². The number of hydrogen-bond donors (Lipinski definition) is 3. The molecule has 0 saturated heterocycles. The Morgan fingerprint density at radius 3 is 2.41 bits per heavy atom. The van der Waals surface area contributed by atoms with Crippen molar-refractivity contribution in [2.75, 3.05) is 50.1 Å². The number of likely N-dealkylation sites (N-methyl/N-ethyl adjacent to an activating group) is 1. The third-order valence-electron chi connectivity index (χ3n) is 2.75. The van der Waals surface area contributed by atoms with Crippen molar-refractivity contribution in [2.45, 2.75) is 6.92 Å². The van der Waals surface area contributed by atoms with Crippen LogP contribution in [0.15, 0.2) is 24.3 Å². The molecule has 0 atom stereocenters. The number of benzene rings is 1. The topological polar surface area (TPSA) is 47.5 Å². The summed E-state index contributed by atoms with van der Waals surface area (Å²) in [5, 5.41) is 15.0. The van der Waals surface area contributed by atoms with Crippen LogP contribution in [0.4, 0.5) is 11.4 Å². The molecule has 0 aliphatic heterocycles. The van der Waals surface area contributed by atoms with E-state index in [-0.39, 0.29) is 6.61 Å². The lowest BCUT2D eigenvalue weighted by molar-refractivity contribution is 0.293. The van der Waals surface area contributed by atoms with Crippen LogP contribution in [0.2, 0.25) is 0 Å². The van der Waals surface area contributed by atoms with Crippen LogP contribution in [0.5, 0.6) is 0 Å². The summed E-state index contributed by atoms with van der Waals surface area (Å²) in [4.78, 5) is 2.31. The van der Waals surface area contributed by atoms with Crippen LogP contribution in [0.3, 0.4) is 0 Å². The molecule has 0 aromatic heterocycles. The molecule has 0 bridgehead atoms. The number of hydrogen-bond acceptors (Lipinski definition) is 4. The highest BCUT2D eigenvalue weighted by atomic mass is 16.3. The summed E-state index contributed by atoms with van der Waals surface area (Å²) in [6.07, 6.45) is 0. The molecular formula is C13H23N3O. The maximum absolute atomic E-state index is 8.68. The molecule has 4 heteroatoms. The van der Waals surface area contributed by atoms with Gasteiger partial charge in [0.05, 0.1) is 6.61 Å². The lowest BCUT2D eigenvalue weighted by Gasteiger charge is -2.23. The zero-order valence-electron chi connectivity index (χ0n) is 10.7. The minimum atomic E-state index is 0.197. The third kappa shape index (κ3) is 4.63. The van der Waals surface area contributed by atoms with Gasteiger partial charge in [0.2, 0.25) is 0 Å². The second kappa shape index (κ2) is 7.92. The van der Waals surface area contributed by atoms with Crippen molar-refractivity contribution in [1.82, 2.24) is 5.32 Å². The Balaban J connectivity index is 2.47. The third-order valence-corrected chi connectivity index (χ3v) is 2.75. The number of anilines is 2. The van der Waals surface area contributed by atoms with Crippen molar-refractivity contribution in [3.05, 3.63) is 24.3 Å². The van der Waals surface area contributed by atoms with Gasteiger partial charge in [0.1, 0.15) is 0 Å². The van der Waals surface area contributed by atoms with Crippen molar-refractivity contribution in [1.29, 1.82) is 0 Å². The van der Waals surface area contributed by atoms with Gasteiger partial charge < -0.3 is 20.6 Å². The quantitative estimate of drug-likeness (QED) is 0.593. The summed E-state index contributed by atoms with van der Waals surface area (Å²) in [6, 6.07) is 8.42. The van der Waals surface area contributed by atoms with Crippen molar-refractivity contribution in [3.8, 4) is 0 Å². The van der Waals surface area contributed by atoms with Crippen LogP contribution < -0.4 is 15.5 Å². The number of rotatable bonds is 8. The number of nitrogens with one attached hydrogen (secondary N) is 2. The van der Waals surface area contributed by atoms with Crippen molar-refractivity contribution < 1.29 is 5.11 Å². The number of aliphatic hydroxyl groups is 1. The molecule has 96 valence electrons. The fourth-order valence-corrected chi connectivity index (χ4v) is 1.73. The van der Waals surface area contributed by atoms with Gasteiger partial charge in [0.15, 0.2) is 0 Å². The molecule has 0 amide bonds. The molecule has 17 heavy (non-hydrogen) atoms. The van der Waals surface area contributed by atoms with Crippen LogP contribution in [0, 0.1) is 0 Å². The van der Waals surface area contributed by atoms with Crippen LogP contribution in [0.1, 0.15) is 6.92 Å². The second-order valence-electron chi connectivity index (χ2n) is 3.85. The summed E-state index contributed by atoms with van der Waals surface area (Å²) in [6.45, 7) is 5.84. The zero-order valence-corrected chi connectivity index (χ0v) is 10.7. The van der Waals surface area contributed by atoms with Gasteiger partial charge in [-0.2, -0.15) is 0 Å². The first-order chi connectivity index (χ1) is 8.31. The Labute approximate surface area is 104 Å². The minimum Gasteiger partial charge on any atom is -0.395 e. The van der Waals surface area contributed by atoms with Gasteiger partial charge in [0.25, 0.3) is 0 Å². The maximum atomic E-state index is 8.68. The largest absolute Gasteiger partial charge is 0.395 e. The summed E-state index contributed by atoms with van der Waals surface area (Å²) in [5.41, 5.74) is 2.36. The van der Waals surface area contributed by atoms with Gasteiger partial charge >= 0.3 is 0 Å². The van der Waals surface area contributed by atoms with Crippen molar-refractivity contribution in [3.63, 3.8) is 0 Å². The molecule has 1 aromatic carbocycles. The second-order valence-corrected chi connectivity index (χ2v) is 3.85. The standard InChI is InChI=1S/C13H23N3O/c1-3-16(10-8-15-9-11-17)13-6-4-12(14-2)5-7-13/h4-7,14-15,17H,3,8-11H2,1-2H3. The Morgan fingerprint density at radius 1 is 1.18 bits per heavy atom. The fraction of sp³-hybridized carbons (Fsp3) is 0.538. The average molecular weight is 237 g/mol. The predicted octanol–water partition coefficient (Wildman–Crippen LogP) is 1.14. The van der Waals surface area contributed by atoms with Gasteiger partial charge in [-0.1, -0.05) is 0 Å². The van der Waals surface area contributed by atoms with E-state index in [0.29, 0.717) is 6.54 Å². The highest BCUT2D eigenvalue weighted by molar-refractivity contribution is 5.54. The number of aliphatic hydroxyl groups excluding tert-OH is 1. The molecule has 3 N–H and O–H groups in total. The van der Waals surface area contributed by atoms with E-state index in [1.165, 1.54) is 5.69 Å². The lowest BCUT2D eigenvalue weighted by Crippen LogP contribution is -2.33. The van der Waals surface area contributed by atoms with Crippen LogP contribution in [0.25, 0.3) is 0 Å². The van der Waals surface area contributed by atoms with Crippen molar-refractivity contribution in [2.24, 2.45) is 0 Å². The molecule has 0 saturated carbocycles. The zero-order chi connectivity index (χ0) is 12.5. The van der Waals surface area contributed by atoms with E-state index < -0.39 is 0 Å². The van der Waals surface area contributed by atoms with Gasteiger partial charge in [-0.3, -0.25) is 0 Å². The smallest absolute Gasteiger partial charge is 0.0555 e. The summed E-state index contributed by atoms with van der Waals surface area (Å²) >= 11 is 0. The van der Waals surface area contributed by atoms with Crippen LogP contribution in [-0.4, -0.2) is 44.9 Å². The number of nitrogens with zero attached hydrogens (tertiary/aromatic N) is 1. The fourth-order valence-electron chi connectivity index (χ4n) is 1.73. The molecule has 1 aromatic rings. The summed E-state index contributed by atoms with van der Waals surface area (Å²) in [5.74, 6) is 0. The Morgan fingerprint density at radius 2 is 1.88 bits per heavy atom. The first kappa shape index (κ1) is 13.8. The van der Waals surface area contributed by atoms with Crippen LogP contribution >= 0.6 is 0 Å². The molecule has 1 rings (SSSR count). The Hall–Kier alpha value is -1.26. The van der Waals surface area contributed by atoms with Gasteiger partial charge in [0, 0.05) is 44.6 Å². The van der Waals surface area contributed by atoms with E-state index >= 15 is 0 Å². The van der Waals surface area contributed by atoms with E-state index in [1.807, 2.05) is 7.05 Å². The minimum absolute atomic E-state index is 0.197. The normalized spacial score (nSPS) is 10.3. The van der Waals surface area contributed by atoms with E-state index in [9.17, 15) is 0 Å². The van der Waals surface area contributed by atoms with E-state index in [1.54, 1.807) is 0 Å². The molecule has 4 nitrogen and oxygen atoms in total. The van der Waals surface area contributed by atoms with Gasteiger partial charge in [-0.05, 0) is 31.2 Å². The average Bonchev–Trinajstić information content (AvgIpc) is 2.39. The van der Waals surface area contributed by atoms with Gasteiger partial charge in [-0.25, -0.2) is 0 Å². The predicted molar refractivity (Wildman–Crippen MR) is 73.8 cm³/mol. The highest BCUT2D eigenvalue weighted by Crippen LogP contribution is 2.16. The maximum Gasteiger partial charge on any atom is 0.0555 e. The van der Waals surface area contributed by atoms with Gasteiger partial charge in [-0.15, -0.1) is 0 Å². The molecule has 0 unspecified atom stereocenters. The summed E-state index contributed by atoms with van der Waals surface area (Å²) in [7, 11) is 1.92. The Bertz CT molecular complexity index is 300. The molecule has 0 heterocycles. The molecular weight excluding hydrogens is 214 g/mol. The first-order valence-electron chi connectivity index (χ1n) is 6.16. The molecule has 0 fully saturated rings. The van der Waals surface area contributed by atoms with Crippen LogP contribution in [-0.2, 0) is 0 Å². The molecule has 0 spiro atoms. The van der Waals surface area contributed by atoms with E-state index in [2.05, 4.69) is 46.7 Å². The highest BCUT2D eigenvalue weighted by Gasteiger charge is 2.03. The molecule has 0 radical (unpaired) electrons. The van der Waals surface area contributed by atoms with E-state index in [4.69, 9.17) is 5.11 Å². The summed E-state index contributed by atoms with van der Waals surface area (Å²) < 4.78 is 0. The lowest BCUT2D eigenvalue weighted by atomic mass is 10.2. The molecule has 0 aliphatic carbocycles. The Kier molecular flexibility index (Phi) is 6.43. The first-order valence-corrected chi connectivity index (χ1v) is 6.16. The molecule has 0 aliphatic rings. The monoisotopic (exact) mass is 237 g/mol.